The molecule has 7 nitrogen and oxygen atoms in total. The topological polar surface area (TPSA) is 110 Å². The van der Waals surface area contributed by atoms with Crippen molar-refractivity contribution in [3.05, 3.63) is 30.1 Å². The molecule has 2 aromatic rings. The SMILES string of the molecule is Nc1cc2c(c(S(=O)(=O)Nc3ncc[nH]3)c1)OCCC2. The summed E-state index contributed by atoms with van der Waals surface area (Å²) in [4.78, 5) is 6.57. The van der Waals surface area contributed by atoms with Crippen LogP contribution < -0.4 is 15.2 Å². The summed E-state index contributed by atoms with van der Waals surface area (Å²) in [6.45, 7) is 0.500. The summed E-state index contributed by atoms with van der Waals surface area (Å²) >= 11 is 0. The third kappa shape index (κ3) is 2.29. The number of aryl methyl sites for hydroxylation is 1. The first-order valence-electron chi connectivity index (χ1n) is 6.14. The van der Waals surface area contributed by atoms with E-state index in [4.69, 9.17) is 10.5 Å². The average Bonchev–Trinajstić information content (AvgIpc) is 2.89. The molecule has 2 heterocycles. The lowest BCUT2D eigenvalue weighted by atomic mass is 10.1. The van der Waals surface area contributed by atoms with Crippen LogP contribution in [0, 0.1) is 0 Å². The van der Waals surface area contributed by atoms with Gasteiger partial charge < -0.3 is 15.5 Å². The van der Waals surface area contributed by atoms with Crippen LogP contribution in [0.4, 0.5) is 11.6 Å². The predicted octanol–water partition coefficient (Wildman–Crippen LogP) is 1.12. The minimum atomic E-state index is -3.80. The van der Waals surface area contributed by atoms with Crippen LogP contribution in [-0.2, 0) is 16.4 Å². The fourth-order valence-electron chi connectivity index (χ4n) is 2.17. The normalized spacial score (nSPS) is 14.4. The number of nitrogen functional groups attached to an aromatic ring is 1. The van der Waals surface area contributed by atoms with Crippen LogP contribution in [0.25, 0.3) is 0 Å². The first kappa shape index (κ1) is 12.8. The van der Waals surface area contributed by atoms with Crippen LogP contribution in [0.3, 0.4) is 0 Å². The highest BCUT2D eigenvalue weighted by Crippen LogP contribution is 2.35. The number of hydrogen-bond donors (Lipinski definition) is 3. The Morgan fingerprint density at radius 3 is 3.00 bits per heavy atom. The molecule has 0 bridgehead atoms. The van der Waals surface area contributed by atoms with Crippen molar-refractivity contribution in [2.24, 2.45) is 0 Å². The Balaban J connectivity index is 2.07. The molecule has 0 aliphatic carbocycles. The molecule has 1 aromatic heterocycles. The maximum absolute atomic E-state index is 12.4. The van der Waals surface area contributed by atoms with Gasteiger partial charge in [0.15, 0.2) is 0 Å². The summed E-state index contributed by atoms with van der Waals surface area (Å²) in [5, 5.41) is 0. The lowest BCUT2D eigenvalue weighted by Crippen LogP contribution is -2.19. The van der Waals surface area contributed by atoms with Crippen LogP contribution in [0.1, 0.15) is 12.0 Å². The molecule has 0 saturated heterocycles. The molecular formula is C12H14N4O3S. The Kier molecular flexibility index (Phi) is 3.01. The van der Waals surface area contributed by atoms with E-state index in [1.54, 1.807) is 6.07 Å². The molecule has 0 fully saturated rings. The van der Waals surface area contributed by atoms with Crippen molar-refractivity contribution in [1.82, 2.24) is 9.97 Å². The number of ether oxygens (including phenoxy) is 1. The lowest BCUT2D eigenvalue weighted by Gasteiger charge is -2.21. The van der Waals surface area contributed by atoms with Gasteiger partial charge in [0.25, 0.3) is 10.0 Å². The second-order valence-corrected chi connectivity index (χ2v) is 6.15. The molecule has 8 heteroatoms. The zero-order valence-corrected chi connectivity index (χ0v) is 11.4. The fraction of sp³-hybridized carbons (Fsp3) is 0.250. The van der Waals surface area contributed by atoms with Gasteiger partial charge in [0, 0.05) is 18.1 Å². The zero-order chi connectivity index (χ0) is 14.2. The van der Waals surface area contributed by atoms with Crippen LogP contribution in [0.5, 0.6) is 5.75 Å². The molecule has 0 saturated carbocycles. The average molecular weight is 294 g/mol. The highest BCUT2D eigenvalue weighted by molar-refractivity contribution is 7.92. The van der Waals surface area contributed by atoms with Crippen LogP contribution in [0.15, 0.2) is 29.4 Å². The first-order chi connectivity index (χ1) is 9.56. The van der Waals surface area contributed by atoms with Crippen molar-refractivity contribution < 1.29 is 13.2 Å². The van der Waals surface area contributed by atoms with E-state index < -0.39 is 10.0 Å². The molecule has 0 amide bonds. The molecule has 0 radical (unpaired) electrons. The molecule has 1 aliphatic heterocycles. The van der Waals surface area contributed by atoms with Crippen molar-refractivity contribution in [2.75, 3.05) is 17.1 Å². The fourth-order valence-corrected chi connectivity index (χ4v) is 3.37. The van der Waals surface area contributed by atoms with E-state index in [9.17, 15) is 8.42 Å². The highest BCUT2D eigenvalue weighted by Gasteiger charge is 2.25. The van der Waals surface area contributed by atoms with Gasteiger partial charge in [0.2, 0.25) is 5.95 Å². The molecule has 106 valence electrons. The summed E-state index contributed by atoms with van der Waals surface area (Å²) < 4.78 is 32.7. The predicted molar refractivity (Wildman–Crippen MR) is 74.1 cm³/mol. The summed E-state index contributed by atoms with van der Waals surface area (Å²) in [6.07, 6.45) is 4.59. The molecule has 0 unspecified atom stereocenters. The summed E-state index contributed by atoms with van der Waals surface area (Å²) in [7, 11) is -3.80. The number of anilines is 2. The van der Waals surface area contributed by atoms with E-state index >= 15 is 0 Å². The van der Waals surface area contributed by atoms with Crippen molar-refractivity contribution in [3.63, 3.8) is 0 Å². The maximum Gasteiger partial charge on any atom is 0.267 e. The number of nitrogens with zero attached hydrogens (tertiary/aromatic N) is 1. The molecule has 0 atom stereocenters. The number of sulfonamides is 1. The monoisotopic (exact) mass is 294 g/mol. The first-order valence-corrected chi connectivity index (χ1v) is 7.62. The Morgan fingerprint density at radius 1 is 1.40 bits per heavy atom. The van der Waals surface area contributed by atoms with E-state index in [0.29, 0.717) is 18.0 Å². The lowest BCUT2D eigenvalue weighted by molar-refractivity contribution is 0.280. The zero-order valence-electron chi connectivity index (χ0n) is 10.6. The number of aromatic amines is 1. The number of hydrogen-bond acceptors (Lipinski definition) is 5. The third-order valence-corrected chi connectivity index (χ3v) is 4.35. The van der Waals surface area contributed by atoms with E-state index in [-0.39, 0.29) is 10.8 Å². The van der Waals surface area contributed by atoms with Gasteiger partial charge in [-0.1, -0.05) is 0 Å². The number of rotatable bonds is 3. The molecule has 20 heavy (non-hydrogen) atoms. The van der Waals surface area contributed by atoms with E-state index in [0.717, 1.165) is 18.4 Å². The van der Waals surface area contributed by atoms with Crippen molar-refractivity contribution >= 4 is 21.7 Å². The Bertz CT molecular complexity index is 725. The summed E-state index contributed by atoms with van der Waals surface area (Å²) in [5.41, 5.74) is 6.99. The van der Waals surface area contributed by atoms with Gasteiger partial charge >= 0.3 is 0 Å². The summed E-state index contributed by atoms with van der Waals surface area (Å²) in [6, 6.07) is 3.15. The van der Waals surface area contributed by atoms with Crippen molar-refractivity contribution in [1.29, 1.82) is 0 Å². The van der Waals surface area contributed by atoms with Crippen molar-refractivity contribution in [2.45, 2.75) is 17.7 Å². The van der Waals surface area contributed by atoms with Gasteiger partial charge in [-0.05, 0) is 30.5 Å². The molecule has 3 rings (SSSR count). The van der Waals surface area contributed by atoms with Gasteiger partial charge in [-0.3, -0.25) is 0 Å². The van der Waals surface area contributed by atoms with Crippen LogP contribution >= 0.6 is 0 Å². The smallest absolute Gasteiger partial charge is 0.267 e. The molecule has 1 aliphatic rings. The second kappa shape index (κ2) is 4.71. The van der Waals surface area contributed by atoms with Gasteiger partial charge in [-0.15, -0.1) is 0 Å². The van der Waals surface area contributed by atoms with E-state index in [2.05, 4.69) is 14.7 Å². The minimum absolute atomic E-state index is 0.0450. The third-order valence-electron chi connectivity index (χ3n) is 3.01. The molecule has 0 spiro atoms. The molecular weight excluding hydrogens is 280 g/mol. The quantitative estimate of drug-likeness (QED) is 0.735. The van der Waals surface area contributed by atoms with E-state index in [1.807, 2.05) is 0 Å². The molecule has 1 aromatic carbocycles. The van der Waals surface area contributed by atoms with Gasteiger partial charge in [0.1, 0.15) is 10.6 Å². The van der Waals surface area contributed by atoms with Crippen molar-refractivity contribution in [3.8, 4) is 5.75 Å². The summed E-state index contributed by atoms with van der Waals surface area (Å²) in [5.74, 6) is 0.529. The number of H-pyrrole nitrogens is 1. The highest BCUT2D eigenvalue weighted by atomic mass is 32.2. The Morgan fingerprint density at radius 2 is 2.25 bits per heavy atom. The number of aromatic nitrogens is 2. The Hall–Kier alpha value is -2.22. The van der Waals surface area contributed by atoms with E-state index in [1.165, 1.54) is 18.5 Å². The molecule has 4 N–H and O–H groups in total. The number of benzene rings is 1. The van der Waals surface area contributed by atoms with Gasteiger partial charge in [-0.2, -0.15) is 0 Å². The largest absolute Gasteiger partial charge is 0.492 e. The van der Waals surface area contributed by atoms with Gasteiger partial charge in [0.05, 0.1) is 6.61 Å². The second-order valence-electron chi connectivity index (χ2n) is 4.50. The minimum Gasteiger partial charge on any atom is -0.492 e. The number of nitrogens with two attached hydrogens (primary N) is 1. The van der Waals surface area contributed by atoms with Gasteiger partial charge in [-0.25, -0.2) is 18.1 Å². The van der Waals surface area contributed by atoms with Crippen LogP contribution in [-0.4, -0.2) is 25.0 Å². The van der Waals surface area contributed by atoms with Crippen LogP contribution in [0.2, 0.25) is 0 Å². The Labute approximate surface area is 116 Å². The number of imidazole rings is 1. The standard InChI is InChI=1S/C12H14N4O3S/c13-9-6-8-2-1-5-19-11(8)10(7-9)20(17,18)16-12-14-3-4-15-12/h3-4,6-7H,1-2,5,13H2,(H2,14,15,16). The maximum atomic E-state index is 12.4. The number of nitrogens with one attached hydrogen (secondary N) is 2. The number of fused-ring (bicyclic) bond motifs is 1.